The standard InChI is InChI=1S/C14H14ClNO2/c1-3-16-12(7-8-13(16)14(17)18)10-5-4-6-11(15)9(10)2/h4-8H,3H2,1-2H3,(H,17,18). The highest BCUT2D eigenvalue weighted by Gasteiger charge is 2.15. The summed E-state index contributed by atoms with van der Waals surface area (Å²) >= 11 is 6.10. The average Bonchev–Trinajstić information content (AvgIpc) is 2.76. The first-order valence-corrected chi connectivity index (χ1v) is 6.12. The highest BCUT2D eigenvalue weighted by molar-refractivity contribution is 6.31. The van der Waals surface area contributed by atoms with Gasteiger partial charge in [0.1, 0.15) is 5.69 Å². The number of hydrogen-bond donors (Lipinski definition) is 1. The molecule has 0 fully saturated rings. The maximum Gasteiger partial charge on any atom is 0.352 e. The molecule has 0 spiro atoms. The molecule has 0 radical (unpaired) electrons. The van der Waals surface area contributed by atoms with Crippen LogP contribution in [0.4, 0.5) is 0 Å². The van der Waals surface area contributed by atoms with Crippen LogP contribution in [0, 0.1) is 6.92 Å². The van der Waals surface area contributed by atoms with Crippen LogP contribution in [0.25, 0.3) is 11.3 Å². The van der Waals surface area contributed by atoms with Crippen LogP contribution in [0.5, 0.6) is 0 Å². The second-order valence-electron chi connectivity index (χ2n) is 4.07. The van der Waals surface area contributed by atoms with E-state index < -0.39 is 5.97 Å². The zero-order chi connectivity index (χ0) is 13.3. The van der Waals surface area contributed by atoms with Crippen molar-refractivity contribution in [3.8, 4) is 11.3 Å². The van der Waals surface area contributed by atoms with Crippen LogP contribution in [0.1, 0.15) is 23.0 Å². The average molecular weight is 264 g/mol. The number of rotatable bonds is 3. The van der Waals surface area contributed by atoms with E-state index in [0.29, 0.717) is 17.3 Å². The van der Waals surface area contributed by atoms with E-state index >= 15 is 0 Å². The number of benzene rings is 1. The molecule has 2 aromatic rings. The molecule has 0 saturated heterocycles. The summed E-state index contributed by atoms with van der Waals surface area (Å²) in [7, 11) is 0. The van der Waals surface area contributed by atoms with Crippen molar-refractivity contribution in [2.24, 2.45) is 0 Å². The number of hydrogen-bond acceptors (Lipinski definition) is 1. The number of aromatic carboxylic acids is 1. The molecule has 1 aromatic heterocycles. The predicted molar refractivity (Wildman–Crippen MR) is 72.2 cm³/mol. The Morgan fingerprint density at radius 1 is 1.33 bits per heavy atom. The van der Waals surface area contributed by atoms with Gasteiger partial charge >= 0.3 is 5.97 Å². The van der Waals surface area contributed by atoms with E-state index in [2.05, 4.69) is 0 Å². The number of halogens is 1. The molecule has 0 aliphatic heterocycles. The van der Waals surface area contributed by atoms with Crippen LogP contribution in [0.15, 0.2) is 30.3 Å². The smallest absolute Gasteiger partial charge is 0.352 e. The van der Waals surface area contributed by atoms with E-state index in [1.807, 2.05) is 38.1 Å². The Kier molecular flexibility index (Phi) is 3.43. The van der Waals surface area contributed by atoms with Crippen molar-refractivity contribution in [1.29, 1.82) is 0 Å². The zero-order valence-corrected chi connectivity index (χ0v) is 11.0. The molecule has 0 saturated carbocycles. The molecule has 18 heavy (non-hydrogen) atoms. The second kappa shape index (κ2) is 4.86. The lowest BCUT2D eigenvalue weighted by Gasteiger charge is -2.12. The summed E-state index contributed by atoms with van der Waals surface area (Å²) in [5, 5.41) is 9.82. The summed E-state index contributed by atoms with van der Waals surface area (Å²) in [6.07, 6.45) is 0. The largest absolute Gasteiger partial charge is 0.477 e. The molecule has 1 aromatic carbocycles. The molecule has 0 aliphatic carbocycles. The van der Waals surface area contributed by atoms with Crippen molar-refractivity contribution in [3.63, 3.8) is 0 Å². The van der Waals surface area contributed by atoms with E-state index in [-0.39, 0.29) is 0 Å². The number of nitrogens with zero attached hydrogens (tertiary/aromatic N) is 1. The lowest BCUT2D eigenvalue weighted by Crippen LogP contribution is -2.08. The minimum Gasteiger partial charge on any atom is -0.477 e. The number of carbonyl (C=O) groups is 1. The second-order valence-corrected chi connectivity index (χ2v) is 4.47. The Labute approximate surface area is 111 Å². The third-order valence-corrected chi connectivity index (χ3v) is 3.47. The maximum absolute atomic E-state index is 11.1. The first-order chi connectivity index (χ1) is 8.56. The highest BCUT2D eigenvalue weighted by atomic mass is 35.5. The van der Waals surface area contributed by atoms with Gasteiger partial charge in [0.25, 0.3) is 0 Å². The fourth-order valence-electron chi connectivity index (χ4n) is 2.12. The number of carboxylic acids is 1. The van der Waals surface area contributed by atoms with Crippen LogP contribution in [0.2, 0.25) is 5.02 Å². The molecule has 0 bridgehead atoms. The van der Waals surface area contributed by atoms with Gasteiger partial charge in [-0.15, -0.1) is 0 Å². The predicted octanol–water partition coefficient (Wildman–Crippen LogP) is 3.84. The van der Waals surface area contributed by atoms with Crippen LogP contribution in [-0.2, 0) is 6.54 Å². The van der Waals surface area contributed by atoms with Gasteiger partial charge < -0.3 is 9.67 Å². The summed E-state index contributed by atoms with van der Waals surface area (Å²) in [6, 6.07) is 9.11. The fourth-order valence-corrected chi connectivity index (χ4v) is 2.29. The third-order valence-electron chi connectivity index (χ3n) is 3.06. The van der Waals surface area contributed by atoms with Gasteiger partial charge in [-0.3, -0.25) is 0 Å². The van der Waals surface area contributed by atoms with Gasteiger partial charge in [0.05, 0.1) is 0 Å². The Bertz CT molecular complexity index is 602. The topological polar surface area (TPSA) is 42.2 Å². The first-order valence-electron chi connectivity index (χ1n) is 5.74. The molecule has 94 valence electrons. The van der Waals surface area contributed by atoms with E-state index in [4.69, 9.17) is 16.7 Å². The van der Waals surface area contributed by atoms with Gasteiger partial charge in [-0.2, -0.15) is 0 Å². The normalized spacial score (nSPS) is 10.6. The van der Waals surface area contributed by atoms with Gasteiger partial charge in [0, 0.05) is 22.8 Å². The van der Waals surface area contributed by atoms with Gasteiger partial charge in [0.15, 0.2) is 0 Å². The summed E-state index contributed by atoms with van der Waals surface area (Å²) in [6.45, 7) is 4.47. The third kappa shape index (κ3) is 2.02. The number of aromatic nitrogens is 1. The Morgan fingerprint density at radius 3 is 2.67 bits per heavy atom. The molecule has 0 amide bonds. The minimum atomic E-state index is -0.914. The fraction of sp³-hybridized carbons (Fsp3) is 0.214. The maximum atomic E-state index is 11.1. The zero-order valence-electron chi connectivity index (χ0n) is 10.3. The van der Waals surface area contributed by atoms with Crippen molar-refractivity contribution < 1.29 is 9.90 Å². The van der Waals surface area contributed by atoms with Crippen molar-refractivity contribution in [2.75, 3.05) is 0 Å². The molecular formula is C14H14ClNO2. The van der Waals surface area contributed by atoms with Crippen LogP contribution < -0.4 is 0 Å². The summed E-state index contributed by atoms with van der Waals surface area (Å²) < 4.78 is 1.78. The van der Waals surface area contributed by atoms with Crippen molar-refractivity contribution in [3.05, 3.63) is 46.6 Å². The molecule has 3 nitrogen and oxygen atoms in total. The molecule has 0 unspecified atom stereocenters. The Balaban J connectivity index is 2.65. The summed E-state index contributed by atoms with van der Waals surface area (Å²) in [5.41, 5.74) is 3.11. The van der Waals surface area contributed by atoms with Crippen LogP contribution in [0.3, 0.4) is 0 Å². The first kappa shape index (κ1) is 12.7. The number of carboxylic acid groups (broad SMARTS) is 1. The lowest BCUT2D eigenvalue weighted by atomic mass is 10.1. The monoisotopic (exact) mass is 263 g/mol. The molecular weight excluding hydrogens is 250 g/mol. The van der Waals surface area contributed by atoms with Gasteiger partial charge in [-0.25, -0.2) is 4.79 Å². The van der Waals surface area contributed by atoms with Crippen LogP contribution >= 0.6 is 11.6 Å². The molecule has 0 atom stereocenters. The molecule has 1 heterocycles. The summed E-state index contributed by atoms with van der Waals surface area (Å²) in [5.74, 6) is -0.914. The molecule has 0 aliphatic rings. The van der Waals surface area contributed by atoms with E-state index in [1.165, 1.54) is 0 Å². The Morgan fingerprint density at radius 2 is 2.06 bits per heavy atom. The minimum absolute atomic E-state index is 0.298. The Hall–Kier alpha value is -1.74. The SMILES string of the molecule is CCn1c(C(=O)O)ccc1-c1cccc(Cl)c1C. The lowest BCUT2D eigenvalue weighted by molar-refractivity contribution is 0.0685. The van der Waals surface area contributed by atoms with Gasteiger partial charge in [-0.05, 0) is 37.6 Å². The molecule has 4 heteroatoms. The van der Waals surface area contributed by atoms with E-state index in [9.17, 15) is 4.79 Å². The van der Waals surface area contributed by atoms with E-state index in [0.717, 1.165) is 16.8 Å². The van der Waals surface area contributed by atoms with Crippen molar-refractivity contribution in [2.45, 2.75) is 20.4 Å². The molecule has 2 rings (SSSR count). The van der Waals surface area contributed by atoms with Crippen molar-refractivity contribution >= 4 is 17.6 Å². The quantitative estimate of drug-likeness (QED) is 0.914. The van der Waals surface area contributed by atoms with Crippen LogP contribution in [-0.4, -0.2) is 15.6 Å². The van der Waals surface area contributed by atoms with E-state index in [1.54, 1.807) is 10.6 Å². The van der Waals surface area contributed by atoms with Gasteiger partial charge in [0.2, 0.25) is 0 Å². The van der Waals surface area contributed by atoms with Crippen molar-refractivity contribution in [1.82, 2.24) is 4.57 Å². The molecule has 1 N–H and O–H groups in total. The highest BCUT2D eigenvalue weighted by Crippen LogP contribution is 2.29. The summed E-state index contributed by atoms with van der Waals surface area (Å²) in [4.78, 5) is 11.1. The van der Waals surface area contributed by atoms with Gasteiger partial charge in [-0.1, -0.05) is 23.7 Å².